The SMILES string of the molecule is CC(C)CC1=CCN(C(C)C)S1(=O)=O. The molecular formula is C10H19NO2S. The molecular weight excluding hydrogens is 198 g/mol. The molecule has 0 spiro atoms. The zero-order chi connectivity index (χ0) is 10.9. The molecule has 0 bridgehead atoms. The molecule has 4 heteroatoms. The fourth-order valence-electron chi connectivity index (χ4n) is 1.63. The van der Waals surface area contributed by atoms with E-state index in [0.29, 0.717) is 23.8 Å². The van der Waals surface area contributed by atoms with Crippen LogP contribution in [0.4, 0.5) is 0 Å². The Morgan fingerprint density at radius 1 is 1.36 bits per heavy atom. The van der Waals surface area contributed by atoms with Crippen molar-refractivity contribution >= 4 is 10.0 Å². The Labute approximate surface area is 86.8 Å². The lowest BCUT2D eigenvalue weighted by molar-refractivity contribution is 0.395. The van der Waals surface area contributed by atoms with Gasteiger partial charge in [0, 0.05) is 12.6 Å². The molecule has 0 saturated carbocycles. The first-order chi connectivity index (χ1) is 6.35. The maximum Gasteiger partial charge on any atom is 0.239 e. The molecule has 0 aromatic rings. The second-order valence-electron chi connectivity index (χ2n) is 4.44. The summed E-state index contributed by atoms with van der Waals surface area (Å²) in [4.78, 5) is 0.598. The largest absolute Gasteiger partial charge is 0.239 e. The van der Waals surface area contributed by atoms with Crippen LogP contribution in [0.3, 0.4) is 0 Å². The van der Waals surface area contributed by atoms with Gasteiger partial charge in [0.1, 0.15) is 0 Å². The highest BCUT2D eigenvalue weighted by Crippen LogP contribution is 2.27. The summed E-state index contributed by atoms with van der Waals surface area (Å²) in [5.41, 5.74) is 0. The first kappa shape index (κ1) is 11.7. The first-order valence-corrected chi connectivity index (χ1v) is 6.50. The van der Waals surface area contributed by atoms with Crippen molar-refractivity contribution < 1.29 is 8.42 Å². The molecule has 0 N–H and O–H groups in total. The Hall–Kier alpha value is -0.350. The molecule has 0 aromatic heterocycles. The van der Waals surface area contributed by atoms with E-state index in [0.717, 1.165) is 0 Å². The van der Waals surface area contributed by atoms with Gasteiger partial charge in [-0.25, -0.2) is 8.42 Å². The molecule has 0 fully saturated rings. The van der Waals surface area contributed by atoms with Crippen molar-refractivity contribution in [2.24, 2.45) is 5.92 Å². The average molecular weight is 217 g/mol. The Balaban J connectivity index is 2.85. The topological polar surface area (TPSA) is 37.4 Å². The van der Waals surface area contributed by atoms with Gasteiger partial charge >= 0.3 is 0 Å². The fraction of sp³-hybridized carbons (Fsp3) is 0.800. The van der Waals surface area contributed by atoms with Crippen molar-refractivity contribution in [2.75, 3.05) is 6.54 Å². The summed E-state index contributed by atoms with van der Waals surface area (Å²) in [5, 5.41) is 0. The highest BCUT2D eigenvalue weighted by Gasteiger charge is 2.33. The van der Waals surface area contributed by atoms with Gasteiger partial charge in [-0.05, 0) is 26.2 Å². The van der Waals surface area contributed by atoms with Crippen LogP contribution >= 0.6 is 0 Å². The van der Waals surface area contributed by atoms with Crippen LogP contribution in [0, 0.1) is 5.92 Å². The van der Waals surface area contributed by atoms with E-state index in [-0.39, 0.29) is 6.04 Å². The summed E-state index contributed by atoms with van der Waals surface area (Å²) in [6.07, 6.45) is 2.50. The lowest BCUT2D eigenvalue weighted by Crippen LogP contribution is -2.33. The molecule has 0 atom stereocenters. The quantitative estimate of drug-likeness (QED) is 0.725. The Kier molecular flexibility index (Phi) is 3.37. The molecule has 3 nitrogen and oxygen atoms in total. The van der Waals surface area contributed by atoms with E-state index in [1.807, 2.05) is 33.8 Å². The second kappa shape index (κ2) is 4.03. The number of rotatable bonds is 3. The number of sulfonamides is 1. The average Bonchev–Trinajstić information content (AvgIpc) is 2.26. The van der Waals surface area contributed by atoms with Crippen LogP contribution in [0.2, 0.25) is 0 Å². The third-order valence-electron chi connectivity index (χ3n) is 2.32. The van der Waals surface area contributed by atoms with Crippen LogP contribution in [0.1, 0.15) is 34.1 Å². The van der Waals surface area contributed by atoms with Gasteiger partial charge in [0.25, 0.3) is 0 Å². The molecule has 0 aromatic carbocycles. The number of hydrogen-bond acceptors (Lipinski definition) is 2. The Morgan fingerprint density at radius 3 is 2.29 bits per heavy atom. The summed E-state index contributed by atoms with van der Waals surface area (Å²) in [6, 6.07) is 0.0564. The van der Waals surface area contributed by atoms with Crippen LogP contribution in [-0.4, -0.2) is 25.3 Å². The van der Waals surface area contributed by atoms with Gasteiger partial charge in [-0.3, -0.25) is 0 Å². The molecule has 1 heterocycles. The van der Waals surface area contributed by atoms with Gasteiger partial charge in [-0.15, -0.1) is 0 Å². The van der Waals surface area contributed by atoms with E-state index in [9.17, 15) is 8.42 Å². The van der Waals surface area contributed by atoms with Gasteiger partial charge in [0.15, 0.2) is 0 Å². The van der Waals surface area contributed by atoms with Gasteiger partial charge in [0.05, 0.1) is 4.91 Å². The van der Waals surface area contributed by atoms with Gasteiger partial charge < -0.3 is 0 Å². The first-order valence-electron chi connectivity index (χ1n) is 5.06. The summed E-state index contributed by atoms with van der Waals surface area (Å²) < 4.78 is 25.4. The molecule has 1 aliphatic heterocycles. The van der Waals surface area contributed by atoms with Crippen molar-refractivity contribution in [3.63, 3.8) is 0 Å². The van der Waals surface area contributed by atoms with Crippen LogP contribution in [-0.2, 0) is 10.0 Å². The van der Waals surface area contributed by atoms with Crippen LogP contribution in [0.25, 0.3) is 0 Å². The van der Waals surface area contributed by atoms with Crippen molar-refractivity contribution in [3.8, 4) is 0 Å². The third kappa shape index (κ3) is 2.17. The zero-order valence-electron chi connectivity index (χ0n) is 9.32. The number of hydrogen-bond donors (Lipinski definition) is 0. The summed E-state index contributed by atoms with van der Waals surface area (Å²) in [5.74, 6) is 0.392. The second-order valence-corrected chi connectivity index (χ2v) is 6.38. The fourth-order valence-corrected chi connectivity index (χ4v) is 3.58. The van der Waals surface area contributed by atoms with Crippen molar-refractivity contribution in [2.45, 2.75) is 40.2 Å². The van der Waals surface area contributed by atoms with E-state index in [4.69, 9.17) is 0 Å². The van der Waals surface area contributed by atoms with Crippen molar-refractivity contribution in [3.05, 3.63) is 11.0 Å². The minimum Gasteiger partial charge on any atom is -0.207 e. The smallest absolute Gasteiger partial charge is 0.207 e. The third-order valence-corrected chi connectivity index (χ3v) is 4.51. The highest BCUT2D eigenvalue weighted by molar-refractivity contribution is 7.93. The van der Waals surface area contributed by atoms with Crippen LogP contribution in [0.5, 0.6) is 0 Å². The molecule has 0 radical (unpaired) electrons. The molecule has 0 amide bonds. The van der Waals surface area contributed by atoms with Crippen molar-refractivity contribution in [1.29, 1.82) is 0 Å². The maximum atomic E-state index is 11.9. The van der Waals surface area contributed by atoms with E-state index >= 15 is 0 Å². The molecule has 1 aliphatic rings. The van der Waals surface area contributed by atoms with E-state index < -0.39 is 10.0 Å². The van der Waals surface area contributed by atoms with Gasteiger partial charge in [-0.2, -0.15) is 4.31 Å². The van der Waals surface area contributed by atoms with E-state index in [1.54, 1.807) is 4.31 Å². The van der Waals surface area contributed by atoms with Crippen molar-refractivity contribution in [1.82, 2.24) is 4.31 Å². The summed E-state index contributed by atoms with van der Waals surface area (Å²) in [7, 11) is -3.13. The highest BCUT2D eigenvalue weighted by atomic mass is 32.2. The van der Waals surface area contributed by atoms with Crippen LogP contribution in [0.15, 0.2) is 11.0 Å². The predicted octanol–water partition coefficient (Wildman–Crippen LogP) is 1.97. The normalized spacial score (nSPS) is 22.0. The lowest BCUT2D eigenvalue weighted by Gasteiger charge is -2.20. The minimum absolute atomic E-state index is 0.0564. The minimum atomic E-state index is -3.13. The number of nitrogens with zero attached hydrogens (tertiary/aromatic N) is 1. The number of allylic oxidation sites excluding steroid dienone is 1. The van der Waals surface area contributed by atoms with Gasteiger partial charge in [-0.1, -0.05) is 19.9 Å². The zero-order valence-corrected chi connectivity index (χ0v) is 10.1. The maximum absolute atomic E-state index is 11.9. The molecule has 1 rings (SSSR count). The van der Waals surface area contributed by atoms with Gasteiger partial charge in [0.2, 0.25) is 10.0 Å². The molecule has 82 valence electrons. The Bertz CT molecular complexity index is 328. The summed E-state index contributed by atoms with van der Waals surface area (Å²) in [6.45, 7) is 8.43. The molecule has 0 unspecified atom stereocenters. The predicted molar refractivity (Wildman–Crippen MR) is 58.3 cm³/mol. The monoisotopic (exact) mass is 217 g/mol. The molecule has 0 saturated heterocycles. The van der Waals surface area contributed by atoms with Crippen LogP contribution < -0.4 is 0 Å². The molecule has 0 aliphatic carbocycles. The van der Waals surface area contributed by atoms with E-state index in [1.165, 1.54) is 0 Å². The van der Waals surface area contributed by atoms with E-state index in [2.05, 4.69) is 0 Å². The molecule has 14 heavy (non-hydrogen) atoms. The Morgan fingerprint density at radius 2 is 1.93 bits per heavy atom. The standard InChI is InChI=1S/C10H19NO2S/c1-8(2)7-10-5-6-11(9(3)4)14(10,12)13/h5,8-9H,6-7H2,1-4H3. The summed E-state index contributed by atoms with van der Waals surface area (Å²) >= 11 is 0. The lowest BCUT2D eigenvalue weighted by atomic mass is 10.1.